The topological polar surface area (TPSA) is 146 Å². The first-order valence-electron chi connectivity index (χ1n) is 8.42. The zero-order valence-electron chi connectivity index (χ0n) is 16.6. The Bertz CT molecular complexity index is 920. The highest BCUT2D eigenvalue weighted by Gasteiger charge is 2.26. The molecule has 2 rings (SSSR count). The first kappa shape index (κ1) is 21.5. The van der Waals surface area contributed by atoms with Gasteiger partial charge in [0.1, 0.15) is 6.33 Å². The molecule has 11 nitrogen and oxygen atoms in total. The highest BCUT2D eigenvalue weighted by molar-refractivity contribution is 5.97. The summed E-state index contributed by atoms with van der Waals surface area (Å²) >= 11 is 0. The molecule has 154 valence electrons. The van der Waals surface area contributed by atoms with Crippen molar-refractivity contribution in [1.82, 2.24) is 9.97 Å². The van der Waals surface area contributed by atoms with E-state index in [-0.39, 0.29) is 34.1 Å². The molecule has 0 spiro atoms. The van der Waals surface area contributed by atoms with E-state index in [0.717, 1.165) is 6.33 Å². The van der Waals surface area contributed by atoms with Gasteiger partial charge in [0.25, 0.3) is 0 Å². The second-order valence-corrected chi connectivity index (χ2v) is 6.96. The lowest BCUT2D eigenvalue weighted by Gasteiger charge is -2.21. The number of benzene rings is 1. The van der Waals surface area contributed by atoms with E-state index in [1.807, 2.05) is 20.8 Å². The van der Waals surface area contributed by atoms with Crippen molar-refractivity contribution in [1.29, 1.82) is 0 Å². The van der Waals surface area contributed by atoms with Crippen LogP contribution in [0.3, 0.4) is 0 Å². The molecule has 1 aromatic heterocycles. The Kier molecular flexibility index (Phi) is 6.32. The van der Waals surface area contributed by atoms with Gasteiger partial charge in [-0.1, -0.05) is 0 Å². The van der Waals surface area contributed by atoms with Crippen molar-refractivity contribution in [2.24, 2.45) is 0 Å². The van der Waals surface area contributed by atoms with Crippen LogP contribution in [-0.4, -0.2) is 46.6 Å². The van der Waals surface area contributed by atoms with Gasteiger partial charge in [0.05, 0.1) is 30.3 Å². The van der Waals surface area contributed by atoms with E-state index < -0.39 is 22.4 Å². The Morgan fingerprint density at radius 1 is 1.00 bits per heavy atom. The molecule has 0 fully saturated rings. The summed E-state index contributed by atoms with van der Waals surface area (Å²) in [5, 5.41) is 17.4. The lowest BCUT2D eigenvalue weighted by molar-refractivity contribution is -0.383. The summed E-state index contributed by atoms with van der Waals surface area (Å²) in [6.45, 7) is 5.48. The van der Waals surface area contributed by atoms with Gasteiger partial charge in [-0.25, -0.2) is 19.6 Å². The molecule has 0 unspecified atom stereocenters. The SMILES string of the molecule is COC(=O)c1cc(Nc2ncnc(NC(C)(C)C)c2[N+](=O)[O-])cc(C(=O)OC)c1. The molecule has 2 aromatic rings. The van der Waals surface area contributed by atoms with Crippen LogP contribution in [0.5, 0.6) is 0 Å². The van der Waals surface area contributed by atoms with Crippen molar-refractivity contribution in [2.75, 3.05) is 24.9 Å². The number of nitrogens with zero attached hydrogens (tertiary/aromatic N) is 3. The number of ether oxygens (including phenoxy) is 2. The number of aromatic nitrogens is 2. The standard InChI is InChI=1S/C18H21N5O6/c1-18(2,3)22-15-13(23(26)27)14(19-9-20-15)21-12-7-10(16(24)28-4)6-11(8-12)17(25)29-5/h6-9H,1-5H3,(H2,19,20,21,22). The normalized spacial score (nSPS) is 10.8. The van der Waals surface area contributed by atoms with Crippen LogP contribution >= 0.6 is 0 Å². The van der Waals surface area contributed by atoms with Crippen LogP contribution < -0.4 is 10.6 Å². The van der Waals surface area contributed by atoms with Crippen molar-refractivity contribution < 1.29 is 24.0 Å². The molecule has 2 N–H and O–H groups in total. The Hall–Kier alpha value is -3.76. The third kappa shape index (κ3) is 5.37. The van der Waals surface area contributed by atoms with Crippen molar-refractivity contribution >= 4 is 34.9 Å². The summed E-state index contributed by atoms with van der Waals surface area (Å²) in [7, 11) is 2.39. The minimum absolute atomic E-state index is 0.0253. The van der Waals surface area contributed by atoms with Crippen LogP contribution in [0.25, 0.3) is 0 Å². The fourth-order valence-electron chi connectivity index (χ4n) is 2.40. The summed E-state index contributed by atoms with van der Waals surface area (Å²) in [5.41, 5.74) is -0.549. The van der Waals surface area contributed by atoms with E-state index in [1.54, 1.807) is 0 Å². The number of carbonyl (C=O) groups is 2. The second-order valence-electron chi connectivity index (χ2n) is 6.96. The average molecular weight is 403 g/mol. The first-order valence-corrected chi connectivity index (χ1v) is 8.42. The van der Waals surface area contributed by atoms with E-state index in [4.69, 9.17) is 0 Å². The van der Waals surface area contributed by atoms with Gasteiger partial charge in [-0.15, -0.1) is 0 Å². The number of hydrogen-bond acceptors (Lipinski definition) is 10. The predicted molar refractivity (Wildman–Crippen MR) is 104 cm³/mol. The number of methoxy groups -OCH3 is 2. The molecular weight excluding hydrogens is 382 g/mol. The lowest BCUT2D eigenvalue weighted by Crippen LogP contribution is -2.27. The summed E-state index contributed by atoms with van der Waals surface area (Å²) < 4.78 is 9.37. The largest absolute Gasteiger partial charge is 0.465 e. The molecule has 0 bridgehead atoms. The maximum absolute atomic E-state index is 11.9. The van der Waals surface area contributed by atoms with E-state index in [1.165, 1.54) is 32.4 Å². The number of anilines is 3. The highest BCUT2D eigenvalue weighted by Crippen LogP contribution is 2.33. The van der Waals surface area contributed by atoms with Crippen LogP contribution in [0.2, 0.25) is 0 Å². The van der Waals surface area contributed by atoms with E-state index in [0.29, 0.717) is 0 Å². The van der Waals surface area contributed by atoms with E-state index >= 15 is 0 Å². The second kappa shape index (κ2) is 8.50. The smallest absolute Gasteiger partial charge is 0.353 e. The summed E-state index contributed by atoms with van der Waals surface area (Å²) in [4.78, 5) is 42.8. The lowest BCUT2D eigenvalue weighted by atomic mass is 10.1. The minimum atomic E-state index is -0.689. The number of nitro groups is 1. The van der Waals surface area contributed by atoms with Crippen molar-refractivity contribution in [2.45, 2.75) is 26.3 Å². The molecule has 0 radical (unpaired) electrons. The maximum atomic E-state index is 11.9. The summed E-state index contributed by atoms with van der Waals surface area (Å²) in [6.07, 6.45) is 1.16. The average Bonchev–Trinajstić information content (AvgIpc) is 2.65. The zero-order valence-corrected chi connectivity index (χ0v) is 16.6. The minimum Gasteiger partial charge on any atom is -0.465 e. The molecule has 0 amide bonds. The molecule has 1 aromatic carbocycles. The van der Waals surface area contributed by atoms with Crippen LogP contribution in [0.15, 0.2) is 24.5 Å². The number of carbonyl (C=O) groups excluding carboxylic acids is 2. The van der Waals surface area contributed by atoms with Crippen molar-refractivity contribution in [3.63, 3.8) is 0 Å². The van der Waals surface area contributed by atoms with Crippen molar-refractivity contribution in [3.8, 4) is 0 Å². The van der Waals surface area contributed by atoms with Gasteiger partial charge in [0.15, 0.2) is 0 Å². The molecule has 0 aliphatic rings. The molecule has 29 heavy (non-hydrogen) atoms. The third-order valence-corrected chi connectivity index (χ3v) is 3.54. The molecule has 0 aliphatic carbocycles. The molecular formula is C18H21N5O6. The number of rotatable bonds is 6. The zero-order chi connectivity index (χ0) is 21.8. The Labute approximate surface area is 166 Å². The maximum Gasteiger partial charge on any atom is 0.353 e. The predicted octanol–water partition coefficient (Wildman–Crippen LogP) is 2.91. The third-order valence-electron chi connectivity index (χ3n) is 3.54. The van der Waals surface area contributed by atoms with E-state index in [2.05, 4.69) is 30.1 Å². The van der Waals surface area contributed by atoms with Crippen LogP contribution in [0, 0.1) is 10.1 Å². The molecule has 0 atom stereocenters. The first-order chi connectivity index (χ1) is 13.6. The van der Waals surface area contributed by atoms with Crippen molar-refractivity contribution in [3.05, 3.63) is 45.8 Å². The molecule has 0 saturated carbocycles. The molecule has 0 aliphatic heterocycles. The monoisotopic (exact) mass is 403 g/mol. The number of esters is 2. The fourth-order valence-corrected chi connectivity index (χ4v) is 2.40. The van der Waals surface area contributed by atoms with Crippen LogP contribution in [0.1, 0.15) is 41.5 Å². The van der Waals surface area contributed by atoms with Gasteiger partial charge < -0.3 is 20.1 Å². The van der Waals surface area contributed by atoms with Gasteiger partial charge in [0.2, 0.25) is 11.6 Å². The quantitative estimate of drug-likeness (QED) is 0.419. The number of nitrogens with one attached hydrogen (secondary N) is 2. The molecule has 11 heteroatoms. The molecule has 0 saturated heterocycles. The van der Waals surface area contributed by atoms with Gasteiger partial charge in [-0.3, -0.25) is 10.1 Å². The highest BCUT2D eigenvalue weighted by atomic mass is 16.6. The number of hydrogen-bond donors (Lipinski definition) is 2. The van der Waals surface area contributed by atoms with Gasteiger partial charge in [0, 0.05) is 11.2 Å². The Morgan fingerprint density at radius 3 is 1.97 bits per heavy atom. The fraction of sp³-hybridized carbons (Fsp3) is 0.333. The van der Waals surface area contributed by atoms with E-state index in [9.17, 15) is 19.7 Å². The summed E-state index contributed by atoms with van der Waals surface area (Å²) in [6, 6.07) is 4.05. The van der Waals surface area contributed by atoms with Gasteiger partial charge >= 0.3 is 17.6 Å². The van der Waals surface area contributed by atoms with Gasteiger partial charge in [-0.05, 0) is 39.0 Å². The Balaban J connectivity index is 2.55. The van der Waals surface area contributed by atoms with Crippen LogP contribution in [0.4, 0.5) is 23.0 Å². The Morgan fingerprint density at radius 2 is 1.52 bits per heavy atom. The van der Waals surface area contributed by atoms with Gasteiger partial charge in [-0.2, -0.15) is 0 Å². The molecule has 1 heterocycles. The summed E-state index contributed by atoms with van der Waals surface area (Å²) in [5.74, 6) is -1.47. The van der Waals surface area contributed by atoms with Crippen LogP contribution in [-0.2, 0) is 9.47 Å².